The van der Waals surface area contributed by atoms with Gasteiger partial charge in [-0.3, -0.25) is 0 Å². The normalized spacial score (nSPS) is 11.9. The third-order valence-electron chi connectivity index (χ3n) is 9.97. The van der Waals surface area contributed by atoms with Crippen molar-refractivity contribution in [2.24, 2.45) is 0 Å². The molecule has 0 unspecified atom stereocenters. The van der Waals surface area contributed by atoms with E-state index in [1.165, 1.54) is 78.0 Å². The van der Waals surface area contributed by atoms with Crippen LogP contribution in [0.1, 0.15) is 0 Å². The van der Waals surface area contributed by atoms with Crippen molar-refractivity contribution in [3.8, 4) is 44.5 Å². The Morgan fingerprint density at radius 2 is 0.600 bits per heavy atom. The molecule has 1 aliphatic heterocycles. The van der Waals surface area contributed by atoms with E-state index in [9.17, 15) is 0 Å². The summed E-state index contributed by atoms with van der Waals surface area (Å²) in [4.78, 5) is 2.53. The van der Waals surface area contributed by atoms with Crippen LogP contribution in [0.15, 0.2) is 206 Å². The Bertz CT molecular complexity index is 2090. The topological polar surface area (TPSA) is 3.24 Å². The highest BCUT2D eigenvalue weighted by molar-refractivity contribution is 6.99. The van der Waals surface area contributed by atoms with Gasteiger partial charge in [-0.2, -0.15) is 0 Å². The highest BCUT2D eigenvalue weighted by atomic mass is 15.2. The van der Waals surface area contributed by atoms with E-state index in [1.54, 1.807) is 0 Å². The molecule has 1 heterocycles. The third kappa shape index (κ3) is 5.14. The number of anilines is 3. The maximum Gasteiger partial charge on any atom is 0.248 e. The molecule has 0 aromatic heterocycles. The minimum atomic E-state index is -0.00525. The molecule has 0 saturated heterocycles. The fraction of sp³-hybridized carbons (Fsp3) is 0. The first-order valence-corrected chi connectivity index (χ1v) is 17.3. The molecular weight excluding hydrogens is 601 g/mol. The highest BCUT2D eigenvalue weighted by Crippen LogP contribution is 2.47. The van der Waals surface area contributed by atoms with E-state index in [-0.39, 0.29) is 6.71 Å². The van der Waals surface area contributed by atoms with Gasteiger partial charge in [0.2, 0.25) is 6.71 Å². The molecule has 1 nitrogen and oxygen atoms in total. The lowest BCUT2D eigenvalue weighted by molar-refractivity contribution is 1.29. The van der Waals surface area contributed by atoms with Crippen LogP contribution in [0.2, 0.25) is 0 Å². The van der Waals surface area contributed by atoms with Crippen molar-refractivity contribution in [3.63, 3.8) is 0 Å². The Kier molecular flexibility index (Phi) is 7.68. The van der Waals surface area contributed by atoms with Crippen LogP contribution >= 0.6 is 0 Å². The second-order valence-electron chi connectivity index (χ2n) is 12.8. The van der Waals surface area contributed by atoms with E-state index in [4.69, 9.17) is 0 Å². The highest BCUT2D eigenvalue weighted by Gasteiger charge is 2.38. The summed E-state index contributed by atoms with van der Waals surface area (Å²) in [5, 5.41) is 0. The molecule has 9 rings (SSSR count). The van der Waals surface area contributed by atoms with E-state index in [0.717, 1.165) is 0 Å². The largest absolute Gasteiger partial charge is 0.310 e. The summed E-state index contributed by atoms with van der Waals surface area (Å²) in [5.41, 5.74) is 17.2. The number of para-hydroxylation sites is 3. The third-order valence-corrected chi connectivity index (χ3v) is 9.97. The summed E-state index contributed by atoms with van der Waals surface area (Å²) >= 11 is 0. The van der Waals surface area contributed by atoms with Gasteiger partial charge in [-0.05, 0) is 56.4 Å². The SMILES string of the molecule is c1ccc(-c2cccc(-c3ccccc3)c2B2c3ccccc3N(c3c(-c4ccccc4)cccc3-c3ccccc3)c3ccccc32)cc1. The van der Waals surface area contributed by atoms with Gasteiger partial charge in [-0.1, -0.05) is 200 Å². The van der Waals surface area contributed by atoms with Gasteiger partial charge in [-0.15, -0.1) is 0 Å². The monoisotopic (exact) mass is 635 g/mol. The molecule has 0 radical (unpaired) electrons. The van der Waals surface area contributed by atoms with Gasteiger partial charge >= 0.3 is 0 Å². The summed E-state index contributed by atoms with van der Waals surface area (Å²) in [6.45, 7) is -0.00525. The van der Waals surface area contributed by atoms with Gasteiger partial charge in [0.05, 0.1) is 5.69 Å². The van der Waals surface area contributed by atoms with Crippen LogP contribution < -0.4 is 21.3 Å². The molecule has 1 aliphatic rings. The first-order valence-electron chi connectivity index (χ1n) is 17.3. The van der Waals surface area contributed by atoms with Crippen LogP contribution in [0.4, 0.5) is 17.1 Å². The summed E-state index contributed by atoms with van der Waals surface area (Å²) in [6, 6.07) is 74.9. The smallest absolute Gasteiger partial charge is 0.248 e. The molecule has 0 saturated carbocycles. The van der Waals surface area contributed by atoms with Crippen molar-refractivity contribution in [1.82, 2.24) is 0 Å². The van der Waals surface area contributed by atoms with Gasteiger partial charge < -0.3 is 4.90 Å². The summed E-state index contributed by atoms with van der Waals surface area (Å²) < 4.78 is 0. The standard InChI is InChI=1S/C48H34BN/c1-5-19-35(20-6-1)39-27-17-28-40(36-21-7-2-8-22-36)47(39)49-43-31-13-15-33-45(43)50(46-34-16-14-32-44(46)49)48-41(37-23-9-3-10-24-37)29-18-30-42(48)38-25-11-4-12-26-38/h1-34H. The Hall–Kier alpha value is -6.38. The van der Waals surface area contributed by atoms with Crippen molar-refractivity contribution in [2.75, 3.05) is 4.90 Å². The fourth-order valence-electron chi connectivity index (χ4n) is 7.82. The van der Waals surface area contributed by atoms with Crippen LogP contribution in [0.25, 0.3) is 44.5 Å². The molecular formula is C48H34BN. The summed E-state index contributed by atoms with van der Waals surface area (Å²) in [6.07, 6.45) is 0. The molecule has 0 fully saturated rings. The van der Waals surface area contributed by atoms with Gasteiger partial charge in [0, 0.05) is 22.5 Å². The molecule has 2 heteroatoms. The number of nitrogens with zero attached hydrogens (tertiary/aromatic N) is 1. The number of hydrogen-bond acceptors (Lipinski definition) is 1. The number of benzene rings is 8. The molecule has 0 N–H and O–H groups in total. The van der Waals surface area contributed by atoms with Crippen molar-refractivity contribution in [1.29, 1.82) is 0 Å². The zero-order valence-electron chi connectivity index (χ0n) is 27.7. The summed E-state index contributed by atoms with van der Waals surface area (Å²) in [7, 11) is 0. The number of rotatable bonds is 6. The van der Waals surface area contributed by atoms with Crippen molar-refractivity contribution in [2.45, 2.75) is 0 Å². The van der Waals surface area contributed by atoms with E-state index in [2.05, 4.69) is 211 Å². The predicted molar refractivity (Wildman–Crippen MR) is 214 cm³/mol. The Morgan fingerprint density at radius 1 is 0.280 bits per heavy atom. The zero-order chi connectivity index (χ0) is 33.3. The van der Waals surface area contributed by atoms with Crippen LogP contribution in [0.5, 0.6) is 0 Å². The van der Waals surface area contributed by atoms with E-state index in [1.807, 2.05) is 0 Å². The Balaban J connectivity index is 1.36. The quantitative estimate of drug-likeness (QED) is 0.164. The van der Waals surface area contributed by atoms with Crippen LogP contribution in [-0.4, -0.2) is 6.71 Å². The summed E-state index contributed by atoms with van der Waals surface area (Å²) in [5.74, 6) is 0. The Labute approximate surface area is 294 Å². The second kappa shape index (κ2) is 12.9. The molecule has 50 heavy (non-hydrogen) atoms. The molecule has 8 aromatic carbocycles. The first kappa shape index (κ1) is 29.7. The molecule has 0 spiro atoms. The van der Waals surface area contributed by atoms with Crippen molar-refractivity contribution in [3.05, 3.63) is 206 Å². The second-order valence-corrected chi connectivity index (χ2v) is 12.8. The molecule has 8 aromatic rings. The lowest BCUT2D eigenvalue weighted by atomic mass is 9.33. The first-order chi connectivity index (χ1) is 24.9. The predicted octanol–water partition coefficient (Wildman–Crippen LogP) is 10.7. The maximum atomic E-state index is 2.53. The minimum Gasteiger partial charge on any atom is -0.310 e. The lowest BCUT2D eigenvalue weighted by Gasteiger charge is -2.39. The van der Waals surface area contributed by atoms with Crippen molar-refractivity contribution < 1.29 is 0 Å². The lowest BCUT2D eigenvalue weighted by Crippen LogP contribution is -2.58. The van der Waals surface area contributed by atoms with Gasteiger partial charge in [0.1, 0.15) is 0 Å². The van der Waals surface area contributed by atoms with Gasteiger partial charge in [0.25, 0.3) is 0 Å². The van der Waals surface area contributed by atoms with Crippen LogP contribution in [0, 0.1) is 0 Å². The zero-order valence-corrected chi connectivity index (χ0v) is 27.7. The van der Waals surface area contributed by atoms with Crippen LogP contribution in [-0.2, 0) is 0 Å². The van der Waals surface area contributed by atoms with Crippen LogP contribution in [0.3, 0.4) is 0 Å². The molecule has 0 amide bonds. The average molecular weight is 636 g/mol. The molecule has 234 valence electrons. The average Bonchev–Trinajstić information content (AvgIpc) is 3.21. The molecule has 0 atom stereocenters. The number of hydrogen-bond donors (Lipinski definition) is 0. The number of fused-ring (bicyclic) bond motifs is 2. The van der Waals surface area contributed by atoms with E-state index >= 15 is 0 Å². The van der Waals surface area contributed by atoms with E-state index < -0.39 is 0 Å². The van der Waals surface area contributed by atoms with E-state index in [0.29, 0.717) is 0 Å². The van der Waals surface area contributed by atoms with Gasteiger partial charge in [-0.25, -0.2) is 0 Å². The maximum absolute atomic E-state index is 2.53. The van der Waals surface area contributed by atoms with Crippen molar-refractivity contribution >= 4 is 40.2 Å². The molecule has 0 aliphatic carbocycles. The fourth-order valence-corrected chi connectivity index (χ4v) is 7.82. The molecule has 0 bridgehead atoms. The van der Waals surface area contributed by atoms with Gasteiger partial charge in [0.15, 0.2) is 0 Å². The Morgan fingerprint density at radius 3 is 1.00 bits per heavy atom. The minimum absolute atomic E-state index is 0.00525.